The van der Waals surface area contributed by atoms with Gasteiger partial charge >= 0.3 is 12.4 Å². The molecule has 0 aliphatic heterocycles. The first-order valence-corrected chi connectivity index (χ1v) is 9.16. The molecule has 0 aliphatic rings. The molecule has 2 aromatic rings. The van der Waals surface area contributed by atoms with Crippen LogP contribution in [0.3, 0.4) is 0 Å². The predicted octanol–water partition coefficient (Wildman–Crippen LogP) is 4.33. The summed E-state index contributed by atoms with van der Waals surface area (Å²) in [6.07, 6.45) is -4.93. The Hall–Kier alpha value is -2.50. The molecule has 0 fully saturated rings. The lowest BCUT2D eigenvalue weighted by Crippen LogP contribution is -2.30. The van der Waals surface area contributed by atoms with E-state index in [1.807, 2.05) is 0 Å². The number of urea groups is 1. The lowest BCUT2D eigenvalue weighted by molar-refractivity contribution is -0.274. The van der Waals surface area contributed by atoms with E-state index in [-0.39, 0.29) is 24.3 Å². The Morgan fingerprint density at radius 1 is 1.14 bits per heavy atom. The summed E-state index contributed by atoms with van der Waals surface area (Å²) in [6, 6.07) is 6.76. The first-order valence-electron chi connectivity index (χ1n) is 7.99. The van der Waals surface area contributed by atoms with Crippen LogP contribution >= 0.6 is 27.5 Å². The van der Waals surface area contributed by atoms with Gasteiger partial charge in [-0.25, -0.2) is 4.79 Å². The van der Waals surface area contributed by atoms with Crippen molar-refractivity contribution in [1.82, 2.24) is 5.32 Å². The van der Waals surface area contributed by atoms with Gasteiger partial charge in [0.15, 0.2) is 0 Å². The molecule has 0 heterocycles. The Morgan fingerprint density at radius 2 is 1.86 bits per heavy atom. The van der Waals surface area contributed by atoms with Crippen LogP contribution in [0.4, 0.5) is 29.3 Å². The van der Waals surface area contributed by atoms with Crippen molar-refractivity contribution in [3.05, 3.63) is 51.5 Å². The number of rotatable bonds is 6. The first kappa shape index (κ1) is 22.8. The van der Waals surface area contributed by atoms with E-state index >= 15 is 0 Å². The third-order valence-electron chi connectivity index (χ3n) is 3.27. The standard InChI is InChI=1S/C17H15BrClF3N4O3/c18-9-5-10(19)7-11(6-9)25-16(28)26-14-8-12(29-17(20,21)22)1-2-13(14)15(27)24-4-3-23/h1-2,5-8H,3-4,23H2,(H,24,27)(H2,25,26,28). The minimum absolute atomic E-state index is 0.0737. The normalized spacial score (nSPS) is 11.0. The molecule has 0 aromatic heterocycles. The summed E-state index contributed by atoms with van der Waals surface area (Å²) in [7, 11) is 0. The second-order valence-corrected chi connectivity index (χ2v) is 6.89. The molecule has 7 nitrogen and oxygen atoms in total. The van der Waals surface area contributed by atoms with Crippen molar-refractivity contribution in [2.75, 3.05) is 23.7 Å². The molecule has 0 aliphatic carbocycles. The van der Waals surface area contributed by atoms with Gasteiger partial charge in [0.2, 0.25) is 0 Å². The fourth-order valence-corrected chi connectivity index (χ4v) is 3.07. The first-order chi connectivity index (χ1) is 13.6. The summed E-state index contributed by atoms with van der Waals surface area (Å²) in [6.45, 7) is 0.301. The van der Waals surface area contributed by atoms with Gasteiger partial charge in [0.05, 0.1) is 11.3 Å². The summed E-state index contributed by atoms with van der Waals surface area (Å²) < 4.78 is 41.9. The second kappa shape index (κ2) is 9.81. The van der Waals surface area contributed by atoms with Crippen LogP contribution in [0.2, 0.25) is 5.02 Å². The Morgan fingerprint density at radius 3 is 2.48 bits per heavy atom. The number of carbonyl (C=O) groups is 2. The maximum absolute atomic E-state index is 12.5. The van der Waals surface area contributed by atoms with Crippen molar-refractivity contribution in [1.29, 1.82) is 0 Å². The number of ether oxygens (including phenoxy) is 1. The van der Waals surface area contributed by atoms with Crippen LogP contribution in [0, 0.1) is 0 Å². The van der Waals surface area contributed by atoms with Crippen molar-refractivity contribution >= 4 is 50.8 Å². The van der Waals surface area contributed by atoms with Gasteiger partial charge in [0, 0.05) is 34.3 Å². The van der Waals surface area contributed by atoms with Crippen LogP contribution in [-0.4, -0.2) is 31.4 Å². The van der Waals surface area contributed by atoms with Gasteiger partial charge in [-0.3, -0.25) is 4.79 Å². The number of amides is 3. The third-order valence-corrected chi connectivity index (χ3v) is 3.94. The summed E-state index contributed by atoms with van der Waals surface area (Å²) in [5, 5.41) is 7.62. The molecule has 0 spiro atoms. The van der Waals surface area contributed by atoms with Crippen LogP contribution in [-0.2, 0) is 0 Å². The zero-order valence-corrected chi connectivity index (χ0v) is 16.9. The van der Waals surface area contributed by atoms with Crippen molar-refractivity contribution in [3.63, 3.8) is 0 Å². The van der Waals surface area contributed by atoms with Gasteiger partial charge in [-0.15, -0.1) is 13.2 Å². The van der Waals surface area contributed by atoms with Crippen LogP contribution in [0.15, 0.2) is 40.9 Å². The van der Waals surface area contributed by atoms with Gasteiger partial charge in [0.25, 0.3) is 5.91 Å². The number of carbonyl (C=O) groups excluding carboxylic acids is 2. The third kappa shape index (κ3) is 7.44. The zero-order chi connectivity index (χ0) is 21.6. The number of hydrogen-bond donors (Lipinski definition) is 4. The molecule has 156 valence electrons. The molecular formula is C17H15BrClF3N4O3. The number of nitrogens with two attached hydrogens (primary N) is 1. The Bertz CT molecular complexity index is 892. The smallest absolute Gasteiger partial charge is 0.406 e. The fourth-order valence-electron chi connectivity index (χ4n) is 2.21. The van der Waals surface area contributed by atoms with Gasteiger partial charge < -0.3 is 26.4 Å². The van der Waals surface area contributed by atoms with E-state index in [1.165, 1.54) is 6.07 Å². The minimum Gasteiger partial charge on any atom is -0.406 e. The molecule has 5 N–H and O–H groups in total. The van der Waals surface area contributed by atoms with E-state index in [1.54, 1.807) is 12.1 Å². The second-order valence-electron chi connectivity index (χ2n) is 5.54. The van der Waals surface area contributed by atoms with Crippen molar-refractivity contribution < 1.29 is 27.5 Å². The van der Waals surface area contributed by atoms with E-state index < -0.39 is 24.1 Å². The van der Waals surface area contributed by atoms with Gasteiger partial charge in [0.1, 0.15) is 5.75 Å². The molecule has 0 bridgehead atoms. The van der Waals surface area contributed by atoms with Crippen molar-refractivity contribution in [2.24, 2.45) is 5.73 Å². The zero-order valence-electron chi connectivity index (χ0n) is 14.6. The molecule has 2 rings (SSSR count). The Balaban J connectivity index is 2.27. The summed E-state index contributed by atoms with van der Waals surface area (Å²) in [4.78, 5) is 24.5. The number of benzene rings is 2. The number of anilines is 2. The lowest BCUT2D eigenvalue weighted by Gasteiger charge is -2.15. The van der Waals surface area contributed by atoms with E-state index in [4.69, 9.17) is 17.3 Å². The number of nitrogens with one attached hydrogen (secondary N) is 3. The van der Waals surface area contributed by atoms with E-state index in [9.17, 15) is 22.8 Å². The maximum atomic E-state index is 12.5. The Labute approximate surface area is 176 Å². The highest BCUT2D eigenvalue weighted by molar-refractivity contribution is 9.10. The summed E-state index contributed by atoms with van der Waals surface area (Å²) >= 11 is 9.12. The molecule has 0 atom stereocenters. The summed E-state index contributed by atoms with van der Waals surface area (Å²) in [5.74, 6) is -1.23. The largest absolute Gasteiger partial charge is 0.573 e. The monoisotopic (exact) mass is 494 g/mol. The van der Waals surface area contributed by atoms with Gasteiger partial charge in [-0.1, -0.05) is 27.5 Å². The highest BCUT2D eigenvalue weighted by Crippen LogP contribution is 2.28. The molecular weight excluding hydrogens is 481 g/mol. The Kier molecular flexibility index (Phi) is 7.71. The molecule has 29 heavy (non-hydrogen) atoms. The molecule has 0 saturated heterocycles. The SMILES string of the molecule is NCCNC(=O)c1ccc(OC(F)(F)F)cc1NC(=O)Nc1cc(Cl)cc(Br)c1. The highest BCUT2D eigenvalue weighted by Gasteiger charge is 2.31. The van der Waals surface area contributed by atoms with Crippen LogP contribution < -0.4 is 26.4 Å². The van der Waals surface area contributed by atoms with Gasteiger partial charge in [-0.05, 0) is 30.3 Å². The molecule has 12 heteroatoms. The van der Waals surface area contributed by atoms with E-state index in [2.05, 4.69) is 36.6 Å². The topological polar surface area (TPSA) is 105 Å². The summed E-state index contributed by atoms with van der Waals surface area (Å²) in [5.41, 5.74) is 5.37. The fraction of sp³-hybridized carbons (Fsp3) is 0.176. The minimum atomic E-state index is -4.93. The van der Waals surface area contributed by atoms with Crippen LogP contribution in [0.1, 0.15) is 10.4 Å². The number of halogens is 5. The quantitative estimate of drug-likeness (QED) is 0.479. The van der Waals surface area contributed by atoms with Crippen LogP contribution in [0.5, 0.6) is 5.75 Å². The molecule has 0 unspecified atom stereocenters. The van der Waals surface area contributed by atoms with Crippen molar-refractivity contribution in [3.8, 4) is 5.75 Å². The van der Waals surface area contributed by atoms with E-state index in [0.29, 0.717) is 15.2 Å². The molecule has 0 saturated carbocycles. The van der Waals surface area contributed by atoms with Gasteiger partial charge in [-0.2, -0.15) is 0 Å². The van der Waals surface area contributed by atoms with Crippen molar-refractivity contribution in [2.45, 2.75) is 6.36 Å². The highest BCUT2D eigenvalue weighted by atomic mass is 79.9. The predicted molar refractivity (Wildman–Crippen MR) is 106 cm³/mol. The van der Waals surface area contributed by atoms with E-state index in [0.717, 1.165) is 18.2 Å². The maximum Gasteiger partial charge on any atom is 0.573 e. The average molecular weight is 496 g/mol. The molecule has 2 aromatic carbocycles. The van der Waals surface area contributed by atoms with Crippen LogP contribution in [0.25, 0.3) is 0 Å². The molecule has 0 radical (unpaired) electrons. The lowest BCUT2D eigenvalue weighted by atomic mass is 10.1. The number of alkyl halides is 3. The number of hydrogen-bond acceptors (Lipinski definition) is 4. The molecule has 3 amide bonds. The average Bonchev–Trinajstić information content (AvgIpc) is 2.57.